The normalized spacial score (nSPS) is 17.1. The van der Waals surface area contributed by atoms with Crippen LogP contribution >= 0.6 is 0 Å². The first-order chi connectivity index (χ1) is 9.53. The van der Waals surface area contributed by atoms with Crippen molar-refractivity contribution >= 4 is 15.9 Å². The van der Waals surface area contributed by atoms with Crippen LogP contribution in [0.3, 0.4) is 0 Å². The third-order valence-corrected chi connectivity index (χ3v) is 4.48. The summed E-state index contributed by atoms with van der Waals surface area (Å²) in [6, 6.07) is 0. The monoisotopic (exact) mass is 307 g/mol. The lowest BCUT2D eigenvalue weighted by atomic mass is 10.4. The Hall–Kier alpha value is -0.700. The van der Waals surface area contributed by atoms with Crippen LogP contribution in [0.15, 0.2) is 0 Å². The van der Waals surface area contributed by atoms with E-state index in [9.17, 15) is 13.2 Å². The summed E-state index contributed by atoms with van der Waals surface area (Å²) >= 11 is 0. The van der Waals surface area contributed by atoms with Crippen LogP contribution in [-0.2, 0) is 19.6 Å². The van der Waals surface area contributed by atoms with Crippen molar-refractivity contribution in [2.45, 2.75) is 19.8 Å². The van der Waals surface area contributed by atoms with Gasteiger partial charge in [0.25, 0.3) is 0 Å². The molecule has 0 aromatic carbocycles. The van der Waals surface area contributed by atoms with Gasteiger partial charge in [0.1, 0.15) is 0 Å². The van der Waals surface area contributed by atoms with Crippen molar-refractivity contribution in [1.82, 2.24) is 14.9 Å². The fourth-order valence-corrected chi connectivity index (χ4v) is 2.99. The van der Waals surface area contributed by atoms with Crippen LogP contribution in [0.25, 0.3) is 0 Å². The highest BCUT2D eigenvalue weighted by molar-refractivity contribution is 7.89. The van der Waals surface area contributed by atoms with Gasteiger partial charge in [-0.15, -0.1) is 0 Å². The first kappa shape index (κ1) is 17.4. The standard InChI is InChI=1S/C12H25N3O4S/c1-2-3-10-20(17,18)14-11-12(16)13-4-5-15-6-8-19-9-7-15/h14H,2-11H2,1H3,(H,13,16). The number of morpholine rings is 1. The third-order valence-electron chi connectivity index (χ3n) is 3.07. The smallest absolute Gasteiger partial charge is 0.235 e. The molecular formula is C12H25N3O4S. The van der Waals surface area contributed by atoms with Gasteiger partial charge in [0.2, 0.25) is 15.9 Å². The van der Waals surface area contributed by atoms with Crippen molar-refractivity contribution in [3.63, 3.8) is 0 Å². The number of nitrogens with zero attached hydrogens (tertiary/aromatic N) is 1. The summed E-state index contributed by atoms with van der Waals surface area (Å²) < 4.78 is 30.5. The number of rotatable bonds is 9. The van der Waals surface area contributed by atoms with E-state index < -0.39 is 10.0 Å². The first-order valence-electron chi connectivity index (χ1n) is 7.07. The highest BCUT2D eigenvalue weighted by Gasteiger charge is 2.12. The molecule has 0 aromatic rings. The predicted molar refractivity (Wildman–Crippen MR) is 77.0 cm³/mol. The Morgan fingerprint density at radius 1 is 1.30 bits per heavy atom. The fraction of sp³-hybridized carbons (Fsp3) is 0.917. The van der Waals surface area contributed by atoms with Crippen LogP contribution in [0.5, 0.6) is 0 Å². The molecule has 0 atom stereocenters. The van der Waals surface area contributed by atoms with Gasteiger partial charge in [-0.25, -0.2) is 13.1 Å². The van der Waals surface area contributed by atoms with Crippen LogP contribution in [-0.4, -0.2) is 70.9 Å². The molecule has 8 heteroatoms. The van der Waals surface area contributed by atoms with Gasteiger partial charge in [-0.2, -0.15) is 0 Å². The molecule has 118 valence electrons. The fourth-order valence-electron chi connectivity index (χ4n) is 1.82. The Kier molecular flexibility index (Phi) is 8.05. The minimum Gasteiger partial charge on any atom is -0.379 e. The van der Waals surface area contributed by atoms with Crippen molar-refractivity contribution in [1.29, 1.82) is 0 Å². The maximum Gasteiger partial charge on any atom is 0.235 e. The lowest BCUT2D eigenvalue weighted by Gasteiger charge is -2.26. The molecule has 0 saturated carbocycles. The van der Waals surface area contributed by atoms with E-state index in [1.807, 2.05) is 6.92 Å². The molecule has 20 heavy (non-hydrogen) atoms. The third kappa shape index (κ3) is 7.78. The summed E-state index contributed by atoms with van der Waals surface area (Å²) in [5.74, 6) is -0.219. The second kappa shape index (κ2) is 9.28. The SMILES string of the molecule is CCCCS(=O)(=O)NCC(=O)NCCN1CCOCC1. The van der Waals surface area contributed by atoms with E-state index in [0.717, 1.165) is 39.3 Å². The van der Waals surface area contributed by atoms with Gasteiger partial charge in [-0.3, -0.25) is 9.69 Å². The second-order valence-corrected chi connectivity index (χ2v) is 6.72. The highest BCUT2D eigenvalue weighted by Crippen LogP contribution is 1.95. The van der Waals surface area contributed by atoms with Crippen molar-refractivity contribution in [2.24, 2.45) is 0 Å². The lowest BCUT2D eigenvalue weighted by molar-refractivity contribution is -0.120. The molecule has 1 amide bonds. The molecule has 1 fully saturated rings. The highest BCUT2D eigenvalue weighted by atomic mass is 32.2. The van der Waals surface area contributed by atoms with E-state index in [4.69, 9.17) is 4.74 Å². The molecule has 1 aliphatic rings. The van der Waals surface area contributed by atoms with Gasteiger partial charge in [0, 0.05) is 26.2 Å². The molecule has 0 aromatic heterocycles. The number of carbonyl (C=O) groups is 1. The van der Waals surface area contributed by atoms with Gasteiger partial charge in [-0.1, -0.05) is 13.3 Å². The maximum atomic E-state index is 11.5. The Morgan fingerprint density at radius 3 is 2.65 bits per heavy atom. The number of sulfonamides is 1. The average Bonchev–Trinajstić information content (AvgIpc) is 2.44. The van der Waals surface area contributed by atoms with Crippen LogP contribution in [0.1, 0.15) is 19.8 Å². The Balaban J connectivity index is 2.10. The van der Waals surface area contributed by atoms with E-state index in [-0.39, 0.29) is 18.2 Å². The molecule has 0 aliphatic carbocycles. The number of amides is 1. The number of carbonyl (C=O) groups excluding carboxylic acids is 1. The topological polar surface area (TPSA) is 87.7 Å². The number of unbranched alkanes of at least 4 members (excludes halogenated alkanes) is 1. The molecule has 1 aliphatic heterocycles. The zero-order chi connectivity index (χ0) is 14.8. The van der Waals surface area contributed by atoms with Crippen LogP contribution < -0.4 is 10.0 Å². The molecule has 7 nitrogen and oxygen atoms in total. The van der Waals surface area contributed by atoms with Crippen LogP contribution in [0.4, 0.5) is 0 Å². The Bertz CT molecular complexity index is 380. The number of hydrogen-bond donors (Lipinski definition) is 2. The molecule has 1 rings (SSSR count). The van der Waals surface area contributed by atoms with Crippen molar-refractivity contribution < 1.29 is 17.9 Å². The zero-order valence-electron chi connectivity index (χ0n) is 12.1. The van der Waals surface area contributed by atoms with Crippen LogP contribution in [0.2, 0.25) is 0 Å². The summed E-state index contributed by atoms with van der Waals surface area (Å²) in [6.07, 6.45) is 1.42. The van der Waals surface area contributed by atoms with Crippen molar-refractivity contribution in [3.05, 3.63) is 0 Å². The molecule has 0 bridgehead atoms. The Labute approximate surface area is 121 Å². The van der Waals surface area contributed by atoms with Crippen LogP contribution in [0, 0.1) is 0 Å². The minimum absolute atomic E-state index is 0.0740. The molecule has 1 heterocycles. The van der Waals surface area contributed by atoms with E-state index in [1.165, 1.54) is 0 Å². The molecule has 0 radical (unpaired) electrons. The molecule has 0 spiro atoms. The number of hydrogen-bond acceptors (Lipinski definition) is 5. The van der Waals surface area contributed by atoms with E-state index in [2.05, 4.69) is 14.9 Å². The van der Waals surface area contributed by atoms with E-state index in [1.54, 1.807) is 0 Å². The van der Waals surface area contributed by atoms with Gasteiger partial charge in [0.05, 0.1) is 25.5 Å². The molecule has 2 N–H and O–H groups in total. The van der Waals surface area contributed by atoms with Gasteiger partial charge in [0.15, 0.2) is 0 Å². The Morgan fingerprint density at radius 2 is 2.00 bits per heavy atom. The van der Waals surface area contributed by atoms with Gasteiger partial charge < -0.3 is 10.1 Å². The quantitative estimate of drug-likeness (QED) is 0.580. The predicted octanol–water partition coefficient (Wildman–Crippen LogP) is -0.846. The minimum atomic E-state index is -3.32. The van der Waals surface area contributed by atoms with E-state index >= 15 is 0 Å². The maximum absolute atomic E-state index is 11.5. The number of ether oxygens (including phenoxy) is 1. The summed E-state index contributed by atoms with van der Waals surface area (Å²) in [7, 11) is -3.32. The summed E-state index contributed by atoms with van der Waals surface area (Å²) in [6.45, 7) is 6.23. The molecular weight excluding hydrogens is 282 g/mol. The van der Waals surface area contributed by atoms with E-state index in [0.29, 0.717) is 13.0 Å². The largest absolute Gasteiger partial charge is 0.379 e. The summed E-state index contributed by atoms with van der Waals surface area (Å²) in [4.78, 5) is 13.7. The van der Waals surface area contributed by atoms with Gasteiger partial charge >= 0.3 is 0 Å². The first-order valence-corrected chi connectivity index (χ1v) is 8.73. The summed E-state index contributed by atoms with van der Waals surface area (Å²) in [5.41, 5.74) is 0. The molecule has 0 unspecified atom stereocenters. The summed E-state index contributed by atoms with van der Waals surface area (Å²) in [5, 5.41) is 2.71. The van der Waals surface area contributed by atoms with Crippen molar-refractivity contribution in [2.75, 3.05) is 51.7 Å². The van der Waals surface area contributed by atoms with Gasteiger partial charge in [-0.05, 0) is 6.42 Å². The van der Waals surface area contributed by atoms with Crippen molar-refractivity contribution in [3.8, 4) is 0 Å². The lowest BCUT2D eigenvalue weighted by Crippen LogP contribution is -2.43. The second-order valence-electron chi connectivity index (χ2n) is 4.80. The number of nitrogens with one attached hydrogen (secondary N) is 2. The average molecular weight is 307 g/mol. The zero-order valence-corrected chi connectivity index (χ0v) is 12.9. The molecule has 1 saturated heterocycles.